The zero-order valence-electron chi connectivity index (χ0n) is 13.5. The first kappa shape index (κ1) is 21.7. The molecule has 0 bridgehead atoms. The first-order chi connectivity index (χ1) is 10.4. The number of aliphatic imine (C=N–C) groups is 1. The summed E-state index contributed by atoms with van der Waals surface area (Å²) in [6.45, 7) is 4.09. The summed E-state index contributed by atoms with van der Waals surface area (Å²) >= 11 is 0. The van der Waals surface area contributed by atoms with Gasteiger partial charge in [0.25, 0.3) is 0 Å². The molecule has 5 nitrogen and oxygen atoms in total. The molecular formula is C15H24F2IN3O2. The van der Waals surface area contributed by atoms with Crippen LogP contribution >= 0.6 is 24.0 Å². The van der Waals surface area contributed by atoms with Crippen molar-refractivity contribution in [3.05, 3.63) is 23.8 Å². The molecule has 1 rings (SSSR count). The van der Waals surface area contributed by atoms with Crippen LogP contribution in [-0.2, 0) is 6.54 Å². The Hall–Kier alpha value is -1.32. The van der Waals surface area contributed by atoms with Crippen LogP contribution in [0.5, 0.6) is 11.5 Å². The Kier molecular flexibility index (Phi) is 10.6. The summed E-state index contributed by atoms with van der Waals surface area (Å²) in [4.78, 5) is 4.14. The Morgan fingerprint density at radius 1 is 1.35 bits per heavy atom. The van der Waals surface area contributed by atoms with E-state index < -0.39 is 6.61 Å². The number of nitrogens with one attached hydrogen (secondary N) is 1. The highest BCUT2D eigenvalue weighted by Gasteiger charge is 2.15. The van der Waals surface area contributed by atoms with Crippen molar-refractivity contribution in [3.8, 4) is 11.5 Å². The van der Waals surface area contributed by atoms with Crippen LogP contribution in [0, 0.1) is 5.92 Å². The maximum Gasteiger partial charge on any atom is 0.387 e. The van der Waals surface area contributed by atoms with Crippen LogP contribution in [0.25, 0.3) is 0 Å². The van der Waals surface area contributed by atoms with Gasteiger partial charge in [-0.2, -0.15) is 8.78 Å². The van der Waals surface area contributed by atoms with E-state index in [1.165, 1.54) is 0 Å². The summed E-state index contributed by atoms with van der Waals surface area (Å²) in [5.74, 6) is 0.954. The average Bonchev–Trinajstić information content (AvgIpc) is 2.45. The van der Waals surface area contributed by atoms with Crippen molar-refractivity contribution in [1.29, 1.82) is 0 Å². The largest absolute Gasteiger partial charge is 0.490 e. The molecule has 8 heteroatoms. The molecule has 0 spiro atoms. The molecule has 1 aromatic carbocycles. The van der Waals surface area contributed by atoms with Crippen molar-refractivity contribution < 1.29 is 18.3 Å². The molecule has 0 heterocycles. The Balaban J connectivity index is 0.00000484. The molecule has 0 saturated heterocycles. The third kappa shape index (κ3) is 8.19. The van der Waals surface area contributed by atoms with Gasteiger partial charge in [-0.3, -0.25) is 0 Å². The Bertz CT molecular complexity index is 500. The molecular weight excluding hydrogens is 419 g/mol. The van der Waals surface area contributed by atoms with E-state index in [2.05, 4.69) is 15.0 Å². The van der Waals surface area contributed by atoms with Crippen LogP contribution < -0.4 is 20.5 Å². The van der Waals surface area contributed by atoms with Gasteiger partial charge in [0.2, 0.25) is 0 Å². The molecule has 3 N–H and O–H groups in total. The molecule has 0 amide bonds. The molecule has 132 valence electrons. The van der Waals surface area contributed by atoms with Gasteiger partial charge in [0.05, 0.1) is 13.2 Å². The molecule has 0 aliphatic heterocycles. The number of nitrogens with two attached hydrogens (primary N) is 1. The Morgan fingerprint density at radius 2 is 2.04 bits per heavy atom. The van der Waals surface area contributed by atoms with Crippen LogP contribution in [0.2, 0.25) is 0 Å². The fraction of sp³-hybridized carbons (Fsp3) is 0.533. The van der Waals surface area contributed by atoms with Crippen molar-refractivity contribution in [2.24, 2.45) is 16.6 Å². The highest BCUT2D eigenvalue weighted by atomic mass is 127. The molecule has 23 heavy (non-hydrogen) atoms. The molecule has 0 aliphatic rings. The van der Waals surface area contributed by atoms with Gasteiger partial charge in [0.1, 0.15) is 0 Å². The summed E-state index contributed by atoms with van der Waals surface area (Å²) in [7, 11) is 0. The molecule has 0 atom stereocenters. The van der Waals surface area contributed by atoms with E-state index in [9.17, 15) is 8.78 Å². The van der Waals surface area contributed by atoms with E-state index >= 15 is 0 Å². The average molecular weight is 443 g/mol. The molecule has 0 radical (unpaired) electrons. The topological polar surface area (TPSA) is 68.9 Å². The first-order valence-corrected chi connectivity index (χ1v) is 7.17. The van der Waals surface area contributed by atoms with Gasteiger partial charge in [-0.15, -0.1) is 24.0 Å². The van der Waals surface area contributed by atoms with Crippen LogP contribution in [0.4, 0.5) is 8.78 Å². The van der Waals surface area contributed by atoms with E-state index in [0.717, 1.165) is 0 Å². The number of alkyl halides is 2. The van der Waals surface area contributed by atoms with Crippen LogP contribution in [0.1, 0.15) is 26.3 Å². The van der Waals surface area contributed by atoms with Gasteiger partial charge < -0.3 is 20.5 Å². The third-order valence-corrected chi connectivity index (χ3v) is 2.68. The van der Waals surface area contributed by atoms with E-state index in [1.54, 1.807) is 25.1 Å². The van der Waals surface area contributed by atoms with Crippen molar-refractivity contribution in [1.82, 2.24) is 5.32 Å². The lowest BCUT2D eigenvalue weighted by molar-refractivity contribution is -0.0520. The lowest BCUT2D eigenvalue weighted by atomic mass is 10.2. The van der Waals surface area contributed by atoms with Gasteiger partial charge in [-0.25, -0.2) is 4.99 Å². The van der Waals surface area contributed by atoms with Gasteiger partial charge in [-0.1, -0.05) is 26.0 Å². The molecule has 0 aromatic heterocycles. The number of hydrogen-bond acceptors (Lipinski definition) is 3. The van der Waals surface area contributed by atoms with Crippen molar-refractivity contribution in [2.75, 3.05) is 13.2 Å². The predicted octanol–water partition coefficient (Wildman–Crippen LogP) is 3.37. The fourth-order valence-corrected chi connectivity index (χ4v) is 1.71. The summed E-state index contributed by atoms with van der Waals surface area (Å²) < 4.78 is 35.0. The second-order valence-electron chi connectivity index (χ2n) is 5.03. The van der Waals surface area contributed by atoms with Gasteiger partial charge in [0, 0.05) is 12.1 Å². The Labute approximate surface area is 152 Å². The number of ether oxygens (including phenoxy) is 2. The van der Waals surface area contributed by atoms with Crippen molar-refractivity contribution >= 4 is 29.9 Å². The SMILES string of the molecule is CCOc1cccc(CN=C(N)NCC(C)C)c1OC(F)F.I. The number of guanidine groups is 1. The van der Waals surface area contributed by atoms with Crippen LogP contribution in [-0.4, -0.2) is 25.7 Å². The molecule has 0 unspecified atom stereocenters. The van der Waals surface area contributed by atoms with E-state index in [-0.39, 0.29) is 48.0 Å². The minimum absolute atomic E-state index is 0. The lowest BCUT2D eigenvalue weighted by Crippen LogP contribution is -2.34. The molecule has 1 aromatic rings. The first-order valence-electron chi connectivity index (χ1n) is 7.17. The number of hydrogen-bond donors (Lipinski definition) is 2. The lowest BCUT2D eigenvalue weighted by Gasteiger charge is -2.14. The predicted molar refractivity (Wildman–Crippen MR) is 97.8 cm³/mol. The second kappa shape index (κ2) is 11.3. The second-order valence-corrected chi connectivity index (χ2v) is 5.03. The summed E-state index contributed by atoms with van der Waals surface area (Å²) in [5, 5.41) is 2.96. The third-order valence-electron chi connectivity index (χ3n) is 2.68. The van der Waals surface area contributed by atoms with Crippen molar-refractivity contribution in [3.63, 3.8) is 0 Å². The van der Waals surface area contributed by atoms with Gasteiger partial charge in [0.15, 0.2) is 17.5 Å². The summed E-state index contributed by atoms with van der Waals surface area (Å²) in [6, 6.07) is 4.93. The summed E-state index contributed by atoms with van der Waals surface area (Å²) in [5.41, 5.74) is 6.22. The zero-order chi connectivity index (χ0) is 16.5. The standard InChI is InChI=1S/C15H23F2N3O2.HI/c1-4-21-12-7-5-6-11(13(12)22-14(16)17)9-20-15(18)19-8-10(2)3;/h5-7,10,14H,4,8-9H2,1-3H3,(H3,18,19,20);1H. The molecule has 0 aliphatic carbocycles. The normalized spacial score (nSPS) is 11.3. The maximum absolute atomic E-state index is 12.6. The number of para-hydroxylation sites is 1. The highest BCUT2D eigenvalue weighted by molar-refractivity contribution is 14.0. The minimum Gasteiger partial charge on any atom is -0.490 e. The minimum atomic E-state index is -2.93. The fourth-order valence-electron chi connectivity index (χ4n) is 1.71. The highest BCUT2D eigenvalue weighted by Crippen LogP contribution is 2.33. The van der Waals surface area contributed by atoms with Crippen LogP contribution in [0.15, 0.2) is 23.2 Å². The number of rotatable bonds is 8. The smallest absolute Gasteiger partial charge is 0.387 e. The molecule has 0 fully saturated rings. The quantitative estimate of drug-likeness (QED) is 0.368. The van der Waals surface area contributed by atoms with E-state index in [0.29, 0.717) is 24.6 Å². The van der Waals surface area contributed by atoms with E-state index in [1.807, 2.05) is 13.8 Å². The number of benzene rings is 1. The van der Waals surface area contributed by atoms with Crippen molar-refractivity contribution in [2.45, 2.75) is 33.9 Å². The maximum atomic E-state index is 12.6. The van der Waals surface area contributed by atoms with Crippen LogP contribution in [0.3, 0.4) is 0 Å². The Morgan fingerprint density at radius 3 is 2.61 bits per heavy atom. The van der Waals surface area contributed by atoms with Gasteiger partial charge in [-0.05, 0) is 18.9 Å². The monoisotopic (exact) mass is 443 g/mol. The van der Waals surface area contributed by atoms with E-state index in [4.69, 9.17) is 10.5 Å². The number of halogens is 3. The number of nitrogens with zero attached hydrogens (tertiary/aromatic N) is 1. The summed E-state index contributed by atoms with van der Waals surface area (Å²) in [6.07, 6.45) is 0. The zero-order valence-corrected chi connectivity index (χ0v) is 15.8. The van der Waals surface area contributed by atoms with Gasteiger partial charge >= 0.3 is 6.61 Å². The molecule has 0 saturated carbocycles.